The normalized spacial score (nSPS) is 16.8. The molecule has 4 rings (SSSR count). The number of rotatable bonds is 7. The number of likely N-dealkylation sites (tertiary alicyclic amines) is 1. The van der Waals surface area contributed by atoms with Gasteiger partial charge in [0, 0.05) is 37.0 Å². The molecular formula is C25H29N3O3. The molecule has 0 bridgehead atoms. The molecular weight excluding hydrogens is 390 g/mol. The van der Waals surface area contributed by atoms with Crippen LogP contribution in [0, 0.1) is 12.8 Å². The Balaban J connectivity index is 1.45. The smallest absolute Gasteiger partial charge is 0.167 e. The van der Waals surface area contributed by atoms with Crippen molar-refractivity contribution in [2.24, 2.45) is 5.92 Å². The first-order chi connectivity index (χ1) is 15.1. The molecule has 2 heterocycles. The van der Waals surface area contributed by atoms with Gasteiger partial charge in [0.25, 0.3) is 0 Å². The molecule has 3 aromatic rings. The summed E-state index contributed by atoms with van der Waals surface area (Å²) in [5.41, 5.74) is 4.27. The zero-order valence-electron chi connectivity index (χ0n) is 18.4. The van der Waals surface area contributed by atoms with Crippen molar-refractivity contribution in [2.45, 2.75) is 26.3 Å². The van der Waals surface area contributed by atoms with Crippen LogP contribution in [0.15, 0.2) is 54.9 Å². The van der Waals surface area contributed by atoms with Crippen molar-refractivity contribution < 1.29 is 14.3 Å². The van der Waals surface area contributed by atoms with E-state index >= 15 is 0 Å². The first-order valence-electron chi connectivity index (χ1n) is 10.7. The van der Waals surface area contributed by atoms with Crippen LogP contribution in [0.25, 0.3) is 5.69 Å². The van der Waals surface area contributed by atoms with E-state index in [1.165, 1.54) is 11.1 Å². The summed E-state index contributed by atoms with van der Waals surface area (Å²) in [7, 11) is 3.19. The summed E-state index contributed by atoms with van der Waals surface area (Å²) in [5, 5.41) is 4.31. The Bertz CT molecular complexity index is 1050. The van der Waals surface area contributed by atoms with Crippen LogP contribution in [-0.4, -0.2) is 47.8 Å². The second-order valence-corrected chi connectivity index (χ2v) is 8.07. The fourth-order valence-electron chi connectivity index (χ4n) is 4.30. The molecule has 162 valence electrons. The zero-order chi connectivity index (χ0) is 21.8. The molecule has 0 N–H and O–H groups in total. The number of nitrogens with zero attached hydrogens (tertiary/aromatic N) is 3. The molecule has 1 unspecified atom stereocenters. The third kappa shape index (κ3) is 4.64. The highest BCUT2D eigenvalue weighted by Gasteiger charge is 2.27. The number of aromatic nitrogens is 2. The monoisotopic (exact) mass is 419 g/mol. The minimum absolute atomic E-state index is 0.00416. The second-order valence-electron chi connectivity index (χ2n) is 8.07. The van der Waals surface area contributed by atoms with E-state index in [4.69, 9.17) is 9.47 Å². The number of aryl methyl sites for hydroxylation is 1. The predicted molar refractivity (Wildman–Crippen MR) is 120 cm³/mol. The number of benzene rings is 2. The molecule has 1 aromatic heterocycles. The van der Waals surface area contributed by atoms with Crippen molar-refractivity contribution >= 4 is 5.78 Å². The topological polar surface area (TPSA) is 56.6 Å². The van der Waals surface area contributed by atoms with Gasteiger partial charge in [-0.2, -0.15) is 5.10 Å². The Morgan fingerprint density at radius 1 is 1.13 bits per heavy atom. The van der Waals surface area contributed by atoms with Crippen LogP contribution < -0.4 is 9.47 Å². The lowest BCUT2D eigenvalue weighted by atomic mass is 9.89. The standard InChI is InChI=1S/C25H29N3O3/c1-18-14-22(28-13-5-11-26-28)9-7-20(18)16-27-12-4-6-21(17-27)25(29)19-8-10-23(30-2)24(15-19)31-3/h5,7-11,13-15,21H,4,6,12,16-17H2,1-3H3. The van der Waals surface area contributed by atoms with Crippen LogP contribution in [-0.2, 0) is 6.54 Å². The summed E-state index contributed by atoms with van der Waals surface area (Å²) < 4.78 is 12.5. The number of hydrogen-bond donors (Lipinski definition) is 0. The quantitative estimate of drug-likeness (QED) is 0.535. The van der Waals surface area contributed by atoms with Crippen LogP contribution in [0.3, 0.4) is 0 Å². The Hall–Kier alpha value is -3.12. The number of ether oxygens (including phenoxy) is 2. The Labute approximate surface area is 183 Å². The first-order valence-corrected chi connectivity index (χ1v) is 10.7. The van der Waals surface area contributed by atoms with Crippen molar-refractivity contribution in [2.75, 3.05) is 27.3 Å². The largest absolute Gasteiger partial charge is 0.493 e. The maximum Gasteiger partial charge on any atom is 0.167 e. The van der Waals surface area contributed by atoms with E-state index in [1.54, 1.807) is 32.5 Å². The van der Waals surface area contributed by atoms with Gasteiger partial charge in [0.1, 0.15) is 0 Å². The lowest BCUT2D eigenvalue weighted by Gasteiger charge is -2.32. The van der Waals surface area contributed by atoms with E-state index in [9.17, 15) is 4.79 Å². The average molecular weight is 420 g/mol. The molecule has 1 fully saturated rings. The molecule has 0 amide bonds. The third-order valence-corrected chi connectivity index (χ3v) is 6.03. The Kier molecular flexibility index (Phi) is 6.37. The van der Waals surface area contributed by atoms with Crippen molar-refractivity contribution in [3.63, 3.8) is 0 Å². The van der Waals surface area contributed by atoms with Gasteiger partial charge in [0.05, 0.1) is 19.9 Å². The average Bonchev–Trinajstić information content (AvgIpc) is 3.34. The first kappa shape index (κ1) is 21.1. The van der Waals surface area contributed by atoms with Gasteiger partial charge in [-0.1, -0.05) is 6.07 Å². The SMILES string of the molecule is COc1ccc(C(=O)C2CCCN(Cc3ccc(-n4cccn4)cc3C)C2)cc1OC. The number of Topliss-reactive ketones (excluding diaryl/α,β-unsaturated/α-hetero) is 1. The highest BCUT2D eigenvalue weighted by molar-refractivity contribution is 5.98. The molecule has 2 aromatic carbocycles. The molecule has 1 atom stereocenters. The van der Waals surface area contributed by atoms with Gasteiger partial charge in [-0.05, 0) is 73.8 Å². The molecule has 1 saturated heterocycles. The summed E-state index contributed by atoms with van der Waals surface area (Å²) >= 11 is 0. The number of ketones is 1. The fourth-order valence-corrected chi connectivity index (χ4v) is 4.30. The van der Waals surface area contributed by atoms with Crippen LogP contribution >= 0.6 is 0 Å². The maximum absolute atomic E-state index is 13.2. The summed E-state index contributed by atoms with van der Waals surface area (Å²) in [4.78, 5) is 15.6. The van der Waals surface area contributed by atoms with E-state index in [-0.39, 0.29) is 11.7 Å². The summed E-state index contributed by atoms with van der Waals surface area (Å²) in [6, 6.07) is 13.8. The van der Waals surface area contributed by atoms with Gasteiger partial charge in [-0.3, -0.25) is 9.69 Å². The van der Waals surface area contributed by atoms with Crippen LogP contribution in [0.4, 0.5) is 0 Å². The fraction of sp³-hybridized carbons (Fsp3) is 0.360. The van der Waals surface area contributed by atoms with Crippen LogP contribution in [0.2, 0.25) is 0 Å². The Morgan fingerprint density at radius 3 is 2.68 bits per heavy atom. The molecule has 0 aliphatic carbocycles. The number of hydrogen-bond acceptors (Lipinski definition) is 5. The van der Waals surface area contributed by atoms with E-state index < -0.39 is 0 Å². The molecule has 0 spiro atoms. The lowest BCUT2D eigenvalue weighted by Crippen LogP contribution is -2.38. The zero-order valence-corrected chi connectivity index (χ0v) is 18.4. The van der Waals surface area contributed by atoms with Crippen LogP contribution in [0.1, 0.15) is 34.3 Å². The summed E-state index contributed by atoms with van der Waals surface area (Å²) in [5.74, 6) is 1.40. The Morgan fingerprint density at radius 2 is 1.97 bits per heavy atom. The summed E-state index contributed by atoms with van der Waals surface area (Å²) in [6.07, 6.45) is 5.67. The van der Waals surface area contributed by atoms with Crippen molar-refractivity contribution in [3.05, 3.63) is 71.5 Å². The molecule has 0 saturated carbocycles. The van der Waals surface area contributed by atoms with Crippen molar-refractivity contribution in [3.8, 4) is 17.2 Å². The molecule has 1 aliphatic heterocycles. The van der Waals surface area contributed by atoms with E-state index in [1.807, 2.05) is 23.0 Å². The molecule has 31 heavy (non-hydrogen) atoms. The summed E-state index contributed by atoms with van der Waals surface area (Å²) in [6.45, 7) is 4.77. The second kappa shape index (κ2) is 9.35. The van der Waals surface area contributed by atoms with Crippen LogP contribution in [0.5, 0.6) is 11.5 Å². The molecule has 6 nitrogen and oxygen atoms in total. The number of methoxy groups -OCH3 is 2. The minimum Gasteiger partial charge on any atom is -0.493 e. The molecule has 1 aliphatic rings. The predicted octanol–water partition coefficient (Wildman–Crippen LogP) is 4.29. The van der Waals surface area contributed by atoms with E-state index in [2.05, 4.69) is 35.1 Å². The van der Waals surface area contributed by atoms with Gasteiger partial charge in [-0.15, -0.1) is 0 Å². The minimum atomic E-state index is -0.00416. The maximum atomic E-state index is 13.2. The van der Waals surface area contributed by atoms with E-state index in [0.717, 1.165) is 38.2 Å². The van der Waals surface area contributed by atoms with Gasteiger partial charge in [0.15, 0.2) is 17.3 Å². The van der Waals surface area contributed by atoms with Gasteiger partial charge in [-0.25, -0.2) is 4.68 Å². The number of carbonyl (C=O) groups excluding carboxylic acids is 1. The third-order valence-electron chi connectivity index (χ3n) is 6.03. The number of carbonyl (C=O) groups is 1. The van der Waals surface area contributed by atoms with Gasteiger partial charge < -0.3 is 9.47 Å². The van der Waals surface area contributed by atoms with Crippen molar-refractivity contribution in [1.29, 1.82) is 0 Å². The van der Waals surface area contributed by atoms with Gasteiger partial charge >= 0.3 is 0 Å². The highest BCUT2D eigenvalue weighted by atomic mass is 16.5. The number of piperidine rings is 1. The molecule has 6 heteroatoms. The van der Waals surface area contributed by atoms with E-state index in [0.29, 0.717) is 17.1 Å². The van der Waals surface area contributed by atoms with Gasteiger partial charge in [0.2, 0.25) is 0 Å². The van der Waals surface area contributed by atoms with Crippen molar-refractivity contribution in [1.82, 2.24) is 14.7 Å². The highest BCUT2D eigenvalue weighted by Crippen LogP contribution is 2.30. The lowest BCUT2D eigenvalue weighted by molar-refractivity contribution is 0.0811. The molecule has 0 radical (unpaired) electrons.